The zero-order chi connectivity index (χ0) is 10.9. The van der Waals surface area contributed by atoms with E-state index in [1.54, 1.807) is 0 Å². The maximum Gasteiger partial charge on any atom is 0.341 e. The van der Waals surface area contributed by atoms with E-state index in [0.717, 1.165) is 13.2 Å². The van der Waals surface area contributed by atoms with Crippen LogP contribution in [-0.2, 0) is 4.74 Å². The van der Waals surface area contributed by atoms with Crippen LogP contribution in [0.5, 0.6) is 0 Å². The zero-order valence-electron chi connectivity index (χ0n) is 7.73. The Morgan fingerprint density at radius 2 is 2.07 bits per heavy atom. The Hall–Kier alpha value is -1.65. The van der Waals surface area contributed by atoms with E-state index in [1.807, 2.05) is 0 Å². The lowest BCUT2D eigenvalue weighted by atomic mass is 10.1. The van der Waals surface area contributed by atoms with Crippen LogP contribution < -0.4 is 5.73 Å². The number of hydrogen-bond acceptors (Lipinski definition) is 3. The van der Waals surface area contributed by atoms with Gasteiger partial charge in [-0.25, -0.2) is 13.6 Å². The molecule has 0 aliphatic rings. The maximum atomic E-state index is 13.3. The van der Waals surface area contributed by atoms with Crippen molar-refractivity contribution in [2.24, 2.45) is 0 Å². The summed E-state index contributed by atoms with van der Waals surface area (Å²) in [6.45, 7) is 1.33. The van der Waals surface area contributed by atoms with Gasteiger partial charge in [0.2, 0.25) is 0 Å². The minimum absolute atomic E-state index is 0.0184. The van der Waals surface area contributed by atoms with Crippen LogP contribution in [0, 0.1) is 18.6 Å². The molecule has 0 saturated heterocycles. The molecular formula is C9H9F2NO2. The van der Waals surface area contributed by atoms with Gasteiger partial charge in [0.1, 0.15) is 11.4 Å². The van der Waals surface area contributed by atoms with E-state index < -0.39 is 23.2 Å². The van der Waals surface area contributed by atoms with E-state index in [-0.39, 0.29) is 11.3 Å². The van der Waals surface area contributed by atoms with Gasteiger partial charge in [-0.15, -0.1) is 0 Å². The lowest BCUT2D eigenvalue weighted by molar-refractivity contribution is 0.0595. The third-order valence-corrected chi connectivity index (χ3v) is 1.91. The molecule has 5 heteroatoms. The van der Waals surface area contributed by atoms with Gasteiger partial charge in [0.25, 0.3) is 0 Å². The summed E-state index contributed by atoms with van der Waals surface area (Å²) in [6.07, 6.45) is 0. The number of nitrogen functional groups attached to an aromatic ring is 1. The molecule has 1 aromatic carbocycles. The Bertz CT molecular complexity index is 391. The molecule has 76 valence electrons. The fourth-order valence-corrected chi connectivity index (χ4v) is 0.995. The summed E-state index contributed by atoms with van der Waals surface area (Å²) in [7, 11) is 1.08. The molecular weight excluding hydrogens is 192 g/mol. The van der Waals surface area contributed by atoms with Crippen LogP contribution in [-0.4, -0.2) is 13.1 Å². The number of rotatable bonds is 1. The highest BCUT2D eigenvalue weighted by Gasteiger charge is 2.18. The first-order valence-electron chi connectivity index (χ1n) is 3.81. The molecule has 1 aromatic rings. The predicted molar refractivity (Wildman–Crippen MR) is 46.8 cm³/mol. The number of carbonyl (C=O) groups excluding carboxylic acids is 1. The number of benzene rings is 1. The molecule has 1 rings (SSSR count). The van der Waals surface area contributed by atoms with Gasteiger partial charge in [0.05, 0.1) is 12.8 Å². The van der Waals surface area contributed by atoms with Crippen LogP contribution in [0.1, 0.15) is 15.9 Å². The van der Waals surface area contributed by atoms with Crippen molar-refractivity contribution >= 4 is 11.7 Å². The summed E-state index contributed by atoms with van der Waals surface area (Å²) < 4.78 is 30.6. The van der Waals surface area contributed by atoms with E-state index in [0.29, 0.717) is 0 Å². The van der Waals surface area contributed by atoms with Crippen LogP contribution in [0.3, 0.4) is 0 Å². The standard InChI is InChI=1S/C9H9F2NO2/c1-4-6(10)3-5(9(13)14-2)7(11)8(4)12/h3H,12H2,1-2H3. The number of anilines is 1. The minimum atomic E-state index is -0.951. The highest BCUT2D eigenvalue weighted by atomic mass is 19.1. The molecule has 0 radical (unpaired) electrons. The van der Waals surface area contributed by atoms with Gasteiger partial charge in [-0.3, -0.25) is 0 Å². The average Bonchev–Trinajstić information content (AvgIpc) is 2.19. The summed E-state index contributed by atoms with van der Waals surface area (Å²) >= 11 is 0. The summed E-state index contributed by atoms with van der Waals surface area (Å²) in [6, 6.07) is 0.771. The molecule has 0 unspecified atom stereocenters. The monoisotopic (exact) mass is 201 g/mol. The molecule has 14 heavy (non-hydrogen) atoms. The van der Waals surface area contributed by atoms with Crippen molar-refractivity contribution in [3.8, 4) is 0 Å². The van der Waals surface area contributed by atoms with E-state index in [1.165, 1.54) is 6.92 Å². The van der Waals surface area contributed by atoms with Crippen LogP contribution in [0.15, 0.2) is 6.07 Å². The third-order valence-electron chi connectivity index (χ3n) is 1.91. The van der Waals surface area contributed by atoms with Crippen molar-refractivity contribution in [3.63, 3.8) is 0 Å². The first-order valence-corrected chi connectivity index (χ1v) is 3.81. The predicted octanol–water partition coefficient (Wildman–Crippen LogP) is 1.64. The minimum Gasteiger partial charge on any atom is -0.465 e. The number of methoxy groups -OCH3 is 1. The molecule has 0 spiro atoms. The topological polar surface area (TPSA) is 52.3 Å². The number of ether oxygens (including phenoxy) is 1. The first kappa shape index (κ1) is 10.4. The molecule has 0 amide bonds. The normalized spacial score (nSPS) is 10.0. The van der Waals surface area contributed by atoms with Crippen molar-refractivity contribution in [1.29, 1.82) is 0 Å². The van der Waals surface area contributed by atoms with Gasteiger partial charge in [0, 0.05) is 5.56 Å². The lowest BCUT2D eigenvalue weighted by Gasteiger charge is -2.07. The molecule has 3 nitrogen and oxygen atoms in total. The Morgan fingerprint density at radius 3 is 2.57 bits per heavy atom. The highest BCUT2D eigenvalue weighted by molar-refractivity contribution is 5.91. The molecule has 0 aromatic heterocycles. The van der Waals surface area contributed by atoms with Crippen LogP contribution in [0.2, 0.25) is 0 Å². The second-order valence-electron chi connectivity index (χ2n) is 2.75. The van der Waals surface area contributed by atoms with Crippen LogP contribution >= 0.6 is 0 Å². The third kappa shape index (κ3) is 1.53. The molecule has 0 fully saturated rings. The van der Waals surface area contributed by atoms with Crippen LogP contribution in [0.25, 0.3) is 0 Å². The Labute approximate surface area is 79.5 Å². The van der Waals surface area contributed by atoms with E-state index in [4.69, 9.17) is 5.73 Å². The largest absolute Gasteiger partial charge is 0.465 e. The zero-order valence-corrected chi connectivity index (χ0v) is 7.73. The van der Waals surface area contributed by atoms with Crippen molar-refractivity contribution in [2.45, 2.75) is 6.92 Å². The Kier molecular flexibility index (Phi) is 2.69. The van der Waals surface area contributed by atoms with Gasteiger partial charge in [-0.2, -0.15) is 0 Å². The summed E-state index contributed by atoms with van der Waals surface area (Å²) in [4.78, 5) is 11.0. The second kappa shape index (κ2) is 3.61. The van der Waals surface area contributed by atoms with Crippen LogP contribution in [0.4, 0.5) is 14.5 Å². The molecule has 0 heterocycles. The molecule has 0 aliphatic heterocycles. The van der Waals surface area contributed by atoms with Gasteiger partial charge in [-0.1, -0.05) is 0 Å². The van der Waals surface area contributed by atoms with Gasteiger partial charge < -0.3 is 10.5 Å². The number of halogens is 2. The van der Waals surface area contributed by atoms with E-state index in [9.17, 15) is 13.6 Å². The van der Waals surface area contributed by atoms with Crippen molar-refractivity contribution in [3.05, 3.63) is 28.8 Å². The van der Waals surface area contributed by atoms with E-state index >= 15 is 0 Å². The van der Waals surface area contributed by atoms with Gasteiger partial charge in [-0.05, 0) is 13.0 Å². The van der Waals surface area contributed by atoms with Gasteiger partial charge in [0.15, 0.2) is 5.82 Å². The molecule has 0 aliphatic carbocycles. The lowest BCUT2D eigenvalue weighted by Crippen LogP contribution is -2.09. The van der Waals surface area contributed by atoms with E-state index in [2.05, 4.69) is 4.74 Å². The average molecular weight is 201 g/mol. The first-order chi connectivity index (χ1) is 6.49. The number of hydrogen-bond donors (Lipinski definition) is 1. The number of nitrogens with two attached hydrogens (primary N) is 1. The maximum absolute atomic E-state index is 13.3. The fourth-order valence-electron chi connectivity index (χ4n) is 0.995. The van der Waals surface area contributed by atoms with Crippen molar-refractivity contribution < 1.29 is 18.3 Å². The fraction of sp³-hybridized carbons (Fsp3) is 0.222. The molecule has 0 saturated carbocycles. The second-order valence-corrected chi connectivity index (χ2v) is 2.75. The molecule has 0 atom stereocenters. The quantitative estimate of drug-likeness (QED) is 0.555. The highest BCUT2D eigenvalue weighted by Crippen LogP contribution is 2.23. The smallest absolute Gasteiger partial charge is 0.341 e. The van der Waals surface area contributed by atoms with Gasteiger partial charge >= 0.3 is 5.97 Å². The Morgan fingerprint density at radius 1 is 1.50 bits per heavy atom. The summed E-state index contributed by atoms with van der Waals surface area (Å²) in [5, 5.41) is 0. The summed E-state index contributed by atoms with van der Waals surface area (Å²) in [5.41, 5.74) is 4.37. The molecule has 0 bridgehead atoms. The SMILES string of the molecule is COC(=O)c1cc(F)c(C)c(N)c1F. The molecule has 2 N–H and O–H groups in total. The number of esters is 1. The van der Waals surface area contributed by atoms with Crippen molar-refractivity contribution in [1.82, 2.24) is 0 Å². The van der Waals surface area contributed by atoms with Crippen molar-refractivity contribution in [2.75, 3.05) is 12.8 Å². The summed E-state index contributed by atoms with van der Waals surface area (Å²) in [5.74, 6) is -2.63. The Balaban J connectivity index is 3.40. The number of carbonyl (C=O) groups is 1.